The van der Waals surface area contributed by atoms with Crippen LogP contribution in [0.2, 0.25) is 0 Å². The number of carbonyl (C=O) groups excluding carboxylic acids is 1. The van der Waals surface area contributed by atoms with Crippen LogP contribution in [0.4, 0.5) is 0 Å². The molecule has 5 nitrogen and oxygen atoms in total. The van der Waals surface area contributed by atoms with E-state index in [9.17, 15) is 9.90 Å². The summed E-state index contributed by atoms with van der Waals surface area (Å²) in [6.07, 6.45) is 0.00522. The van der Waals surface area contributed by atoms with Crippen LogP contribution in [0.1, 0.15) is 27.2 Å². The first kappa shape index (κ1) is 16.3. The number of carbonyl (C=O) groups is 1. The number of hydrogen-bond acceptors (Lipinski definition) is 4. The zero-order chi connectivity index (χ0) is 15.2. The predicted octanol–water partition coefficient (Wildman–Crippen LogP) is 1.74. The number of aliphatic hydroxyl groups is 1. The van der Waals surface area contributed by atoms with Crippen molar-refractivity contribution >= 4 is 5.91 Å². The normalized spacial score (nSPS) is 15.1. The van der Waals surface area contributed by atoms with Crippen molar-refractivity contribution in [3.05, 3.63) is 24.3 Å². The third kappa shape index (κ3) is 4.42. The number of rotatable bonds is 7. The Kier molecular flexibility index (Phi) is 5.82. The lowest BCUT2D eigenvalue weighted by Crippen LogP contribution is -2.52. The highest BCUT2D eigenvalue weighted by atomic mass is 16.5. The Morgan fingerprint density at radius 2 is 1.90 bits per heavy atom. The van der Waals surface area contributed by atoms with E-state index in [2.05, 4.69) is 5.32 Å². The first-order valence-corrected chi connectivity index (χ1v) is 6.67. The Bertz CT molecular complexity index is 426. The van der Waals surface area contributed by atoms with Crippen LogP contribution in [0.25, 0.3) is 0 Å². The number of ether oxygens (including phenoxy) is 2. The number of hydrogen-bond donors (Lipinski definition) is 2. The maximum atomic E-state index is 12.0. The third-order valence-electron chi connectivity index (χ3n) is 3.30. The van der Waals surface area contributed by atoms with Crippen LogP contribution in [-0.2, 0) is 4.79 Å². The van der Waals surface area contributed by atoms with Gasteiger partial charge in [-0.15, -0.1) is 0 Å². The van der Waals surface area contributed by atoms with E-state index in [1.54, 1.807) is 45.2 Å². The van der Waals surface area contributed by atoms with Crippen LogP contribution in [0, 0.1) is 0 Å². The Morgan fingerprint density at radius 1 is 1.35 bits per heavy atom. The fourth-order valence-corrected chi connectivity index (χ4v) is 1.55. The average Bonchev–Trinajstić information content (AvgIpc) is 2.47. The topological polar surface area (TPSA) is 67.8 Å². The van der Waals surface area contributed by atoms with Crippen molar-refractivity contribution in [3.8, 4) is 11.5 Å². The Labute approximate surface area is 119 Å². The summed E-state index contributed by atoms with van der Waals surface area (Å²) in [6.45, 7) is 5.27. The zero-order valence-corrected chi connectivity index (χ0v) is 12.5. The van der Waals surface area contributed by atoms with Gasteiger partial charge in [-0.05, 0) is 44.5 Å². The van der Waals surface area contributed by atoms with Gasteiger partial charge in [0.2, 0.25) is 0 Å². The molecule has 0 spiro atoms. The van der Waals surface area contributed by atoms with E-state index in [4.69, 9.17) is 9.47 Å². The van der Waals surface area contributed by atoms with E-state index >= 15 is 0 Å². The maximum Gasteiger partial charge on any atom is 0.261 e. The fraction of sp³-hybridized carbons (Fsp3) is 0.533. The quantitative estimate of drug-likeness (QED) is 0.799. The van der Waals surface area contributed by atoms with Crippen molar-refractivity contribution in [2.45, 2.75) is 38.8 Å². The molecule has 2 atom stereocenters. The van der Waals surface area contributed by atoms with E-state index < -0.39 is 11.6 Å². The fourth-order valence-electron chi connectivity index (χ4n) is 1.55. The number of benzene rings is 1. The van der Waals surface area contributed by atoms with Gasteiger partial charge >= 0.3 is 0 Å². The molecule has 20 heavy (non-hydrogen) atoms. The Morgan fingerprint density at radius 3 is 2.35 bits per heavy atom. The van der Waals surface area contributed by atoms with Gasteiger partial charge in [-0.2, -0.15) is 0 Å². The minimum atomic E-state index is -0.638. The van der Waals surface area contributed by atoms with Crippen molar-refractivity contribution in [1.29, 1.82) is 0 Å². The molecule has 0 heterocycles. The summed E-state index contributed by atoms with van der Waals surface area (Å²) in [5.74, 6) is 1.07. The summed E-state index contributed by atoms with van der Waals surface area (Å²) in [5.41, 5.74) is -0.616. The van der Waals surface area contributed by atoms with Gasteiger partial charge in [0, 0.05) is 0 Å². The predicted molar refractivity (Wildman–Crippen MR) is 77.0 cm³/mol. The lowest BCUT2D eigenvalue weighted by molar-refractivity contribution is -0.129. The molecular formula is C15H23NO4. The highest BCUT2D eigenvalue weighted by Crippen LogP contribution is 2.18. The number of aliphatic hydroxyl groups excluding tert-OH is 1. The molecule has 2 unspecified atom stereocenters. The molecule has 0 aliphatic carbocycles. The standard InChI is InChI=1S/C15H23NO4/c1-5-15(3,10-17)16-14(18)11(2)20-13-8-6-12(19-4)7-9-13/h6-9,11,17H,5,10H2,1-4H3,(H,16,18). The summed E-state index contributed by atoms with van der Waals surface area (Å²) in [6, 6.07) is 7.02. The summed E-state index contributed by atoms with van der Waals surface area (Å²) >= 11 is 0. The molecule has 0 aromatic heterocycles. The van der Waals surface area contributed by atoms with Crippen molar-refractivity contribution < 1.29 is 19.4 Å². The van der Waals surface area contributed by atoms with Gasteiger partial charge in [0.25, 0.3) is 5.91 Å². The van der Waals surface area contributed by atoms with E-state index in [0.717, 1.165) is 5.75 Å². The van der Waals surface area contributed by atoms with Crippen LogP contribution < -0.4 is 14.8 Å². The Hall–Kier alpha value is -1.75. The monoisotopic (exact) mass is 281 g/mol. The van der Waals surface area contributed by atoms with Crippen LogP contribution >= 0.6 is 0 Å². The molecule has 2 N–H and O–H groups in total. The smallest absolute Gasteiger partial charge is 0.261 e. The van der Waals surface area contributed by atoms with E-state index in [1.165, 1.54) is 0 Å². The molecule has 0 saturated heterocycles. The molecule has 112 valence electrons. The maximum absolute atomic E-state index is 12.0. The Balaban J connectivity index is 2.60. The van der Waals surface area contributed by atoms with Crippen molar-refractivity contribution in [2.24, 2.45) is 0 Å². The molecule has 0 fully saturated rings. The second kappa shape index (κ2) is 7.14. The van der Waals surface area contributed by atoms with Crippen molar-refractivity contribution in [1.82, 2.24) is 5.32 Å². The molecule has 1 amide bonds. The van der Waals surface area contributed by atoms with E-state index in [-0.39, 0.29) is 12.5 Å². The highest BCUT2D eigenvalue weighted by molar-refractivity contribution is 5.81. The summed E-state index contributed by atoms with van der Waals surface area (Å²) in [5, 5.41) is 12.1. The molecule has 1 rings (SSSR count). The molecule has 0 bridgehead atoms. The lowest BCUT2D eigenvalue weighted by atomic mass is 10.00. The van der Waals surface area contributed by atoms with Gasteiger partial charge in [-0.25, -0.2) is 0 Å². The second-order valence-electron chi connectivity index (χ2n) is 5.00. The van der Waals surface area contributed by atoms with Crippen LogP contribution in [0.3, 0.4) is 0 Å². The lowest BCUT2D eigenvalue weighted by Gasteiger charge is -2.28. The summed E-state index contributed by atoms with van der Waals surface area (Å²) in [7, 11) is 1.59. The van der Waals surface area contributed by atoms with Gasteiger partial charge in [0.05, 0.1) is 19.3 Å². The number of nitrogens with one attached hydrogen (secondary N) is 1. The van der Waals surface area contributed by atoms with Crippen molar-refractivity contribution in [3.63, 3.8) is 0 Å². The molecular weight excluding hydrogens is 258 g/mol. The first-order chi connectivity index (χ1) is 9.44. The highest BCUT2D eigenvalue weighted by Gasteiger charge is 2.26. The number of methoxy groups -OCH3 is 1. The molecule has 1 aromatic rings. The largest absolute Gasteiger partial charge is 0.497 e. The summed E-state index contributed by atoms with van der Waals surface area (Å²) < 4.78 is 10.6. The van der Waals surface area contributed by atoms with Crippen LogP contribution in [0.15, 0.2) is 24.3 Å². The molecule has 1 aromatic carbocycles. The molecule has 0 radical (unpaired) electrons. The molecule has 0 saturated carbocycles. The average molecular weight is 281 g/mol. The minimum Gasteiger partial charge on any atom is -0.497 e. The summed E-state index contributed by atoms with van der Waals surface area (Å²) in [4.78, 5) is 12.0. The molecule has 5 heteroatoms. The third-order valence-corrected chi connectivity index (χ3v) is 3.30. The molecule has 0 aliphatic heterocycles. The van der Waals surface area contributed by atoms with Gasteiger partial charge in [-0.1, -0.05) is 6.92 Å². The second-order valence-corrected chi connectivity index (χ2v) is 5.00. The SMILES string of the molecule is CCC(C)(CO)NC(=O)C(C)Oc1ccc(OC)cc1. The number of amides is 1. The van der Waals surface area contributed by atoms with E-state index in [0.29, 0.717) is 12.2 Å². The van der Waals surface area contributed by atoms with Crippen molar-refractivity contribution in [2.75, 3.05) is 13.7 Å². The van der Waals surface area contributed by atoms with Gasteiger partial charge < -0.3 is 19.9 Å². The molecule has 0 aliphatic rings. The first-order valence-electron chi connectivity index (χ1n) is 6.67. The van der Waals surface area contributed by atoms with E-state index in [1.807, 2.05) is 6.92 Å². The van der Waals surface area contributed by atoms with Gasteiger partial charge in [-0.3, -0.25) is 4.79 Å². The van der Waals surface area contributed by atoms with Gasteiger partial charge in [0.15, 0.2) is 6.10 Å². The minimum absolute atomic E-state index is 0.107. The van der Waals surface area contributed by atoms with Crippen LogP contribution in [-0.4, -0.2) is 36.4 Å². The van der Waals surface area contributed by atoms with Gasteiger partial charge in [0.1, 0.15) is 11.5 Å². The zero-order valence-electron chi connectivity index (χ0n) is 12.5. The van der Waals surface area contributed by atoms with Crippen LogP contribution in [0.5, 0.6) is 11.5 Å².